The van der Waals surface area contributed by atoms with Crippen LogP contribution in [0.25, 0.3) is 0 Å². The van der Waals surface area contributed by atoms with Crippen molar-refractivity contribution >= 4 is 40.4 Å². The summed E-state index contributed by atoms with van der Waals surface area (Å²) in [5.74, 6) is -1.30. The van der Waals surface area contributed by atoms with Gasteiger partial charge in [-0.2, -0.15) is 4.39 Å². The molecule has 2 aliphatic carbocycles. The average Bonchev–Trinajstić information content (AvgIpc) is 2.79. The van der Waals surface area contributed by atoms with Crippen molar-refractivity contribution in [2.24, 2.45) is 5.41 Å². The van der Waals surface area contributed by atoms with Crippen LogP contribution in [0.5, 0.6) is 0 Å². The van der Waals surface area contributed by atoms with Crippen molar-refractivity contribution in [1.29, 1.82) is 0 Å². The van der Waals surface area contributed by atoms with Gasteiger partial charge in [-0.1, -0.05) is 0 Å². The zero-order valence-corrected chi connectivity index (χ0v) is 18.0. The number of pyridine rings is 1. The summed E-state index contributed by atoms with van der Waals surface area (Å²) in [5, 5.41) is 2.93. The lowest BCUT2D eigenvalue weighted by Crippen LogP contribution is -2.63. The number of amides is 4. The summed E-state index contributed by atoms with van der Waals surface area (Å²) in [6.45, 7) is 0. The van der Waals surface area contributed by atoms with Crippen LogP contribution in [0.15, 0.2) is 12.3 Å². The number of carbonyl (C=O) groups is 3. The number of imide groups is 1. The summed E-state index contributed by atoms with van der Waals surface area (Å²) < 4.78 is 14.4. The first-order chi connectivity index (χ1) is 13.2. The minimum atomic E-state index is -0.755. The quantitative estimate of drug-likeness (QED) is 0.385. The third kappa shape index (κ3) is 2.81. The first-order valence-corrected chi connectivity index (χ1v) is 10.4. The molecule has 0 aromatic carbocycles. The number of halogens is 2. The SMILES string of the molecule is CN1C(=O)N(C)C2(CC3(CCC(NC(=O)c4c(I)ccnc4F)CC3)C2)C1=O. The molecule has 3 aliphatic rings. The summed E-state index contributed by atoms with van der Waals surface area (Å²) in [5.41, 5.74) is -0.646. The highest BCUT2D eigenvalue weighted by Crippen LogP contribution is 2.60. The monoisotopic (exact) mass is 500 g/mol. The topological polar surface area (TPSA) is 82.6 Å². The van der Waals surface area contributed by atoms with E-state index in [9.17, 15) is 18.8 Å². The molecule has 4 amide bonds. The lowest BCUT2D eigenvalue weighted by atomic mass is 9.51. The number of carbonyl (C=O) groups excluding carboxylic acids is 3. The van der Waals surface area contributed by atoms with Crippen LogP contribution >= 0.6 is 22.6 Å². The van der Waals surface area contributed by atoms with E-state index in [1.165, 1.54) is 18.1 Å². The van der Waals surface area contributed by atoms with Gasteiger partial charge in [0.2, 0.25) is 5.95 Å². The van der Waals surface area contributed by atoms with Crippen molar-refractivity contribution in [3.63, 3.8) is 0 Å². The van der Waals surface area contributed by atoms with E-state index in [-0.39, 0.29) is 29.0 Å². The molecule has 1 aromatic heterocycles. The predicted octanol–water partition coefficient (Wildman–Crippen LogP) is 2.54. The smallest absolute Gasteiger partial charge is 0.327 e. The second-order valence-corrected chi connectivity index (χ2v) is 9.46. The molecule has 1 N–H and O–H groups in total. The maximum atomic E-state index is 13.9. The third-order valence-electron chi connectivity index (χ3n) is 6.72. The van der Waals surface area contributed by atoms with E-state index < -0.39 is 17.4 Å². The van der Waals surface area contributed by atoms with Crippen LogP contribution in [0, 0.1) is 14.9 Å². The van der Waals surface area contributed by atoms with Crippen LogP contribution in [-0.2, 0) is 4.79 Å². The van der Waals surface area contributed by atoms with E-state index in [0.29, 0.717) is 16.4 Å². The van der Waals surface area contributed by atoms with Crippen molar-refractivity contribution in [1.82, 2.24) is 20.1 Å². The summed E-state index contributed by atoms with van der Waals surface area (Å²) in [6.07, 6.45) is 6.03. The van der Waals surface area contributed by atoms with Gasteiger partial charge in [0.25, 0.3) is 11.8 Å². The number of likely N-dealkylation sites (N-methyl/N-ethyl adjacent to an activating group) is 2. The molecule has 7 nitrogen and oxygen atoms in total. The molecule has 2 saturated carbocycles. The van der Waals surface area contributed by atoms with Gasteiger partial charge in [0.1, 0.15) is 11.1 Å². The fourth-order valence-electron chi connectivity index (χ4n) is 5.13. The Morgan fingerprint density at radius 2 is 1.93 bits per heavy atom. The Labute approximate surface area is 176 Å². The van der Waals surface area contributed by atoms with Gasteiger partial charge in [0, 0.05) is 29.9 Å². The molecule has 150 valence electrons. The summed E-state index contributed by atoms with van der Waals surface area (Å²) in [4.78, 5) is 43.5. The molecular weight excluding hydrogens is 478 g/mol. The molecule has 4 rings (SSSR count). The Hall–Kier alpha value is -1.78. The summed E-state index contributed by atoms with van der Waals surface area (Å²) in [6, 6.07) is 1.34. The van der Waals surface area contributed by atoms with Gasteiger partial charge in [-0.3, -0.25) is 14.5 Å². The van der Waals surface area contributed by atoms with Crippen LogP contribution in [0.2, 0.25) is 0 Å². The maximum Gasteiger partial charge on any atom is 0.327 e. The van der Waals surface area contributed by atoms with Gasteiger partial charge < -0.3 is 10.2 Å². The zero-order valence-electron chi connectivity index (χ0n) is 15.8. The van der Waals surface area contributed by atoms with Crippen LogP contribution in [0.3, 0.4) is 0 Å². The Kier molecular flexibility index (Phi) is 4.63. The highest BCUT2D eigenvalue weighted by Gasteiger charge is 2.66. The summed E-state index contributed by atoms with van der Waals surface area (Å²) >= 11 is 1.93. The molecule has 1 saturated heterocycles. The highest BCUT2D eigenvalue weighted by atomic mass is 127. The molecule has 0 unspecified atom stereocenters. The molecular formula is C19H22FIN4O3. The van der Waals surface area contributed by atoms with E-state index in [2.05, 4.69) is 10.3 Å². The van der Waals surface area contributed by atoms with Gasteiger partial charge in [-0.15, -0.1) is 0 Å². The van der Waals surface area contributed by atoms with E-state index in [0.717, 1.165) is 25.7 Å². The van der Waals surface area contributed by atoms with Crippen molar-refractivity contribution in [2.75, 3.05) is 14.1 Å². The number of urea groups is 1. The molecule has 28 heavy (non-hydrogen) atoms. The zero-order chi connectivity index (χ0) is 20.3. The van der Waals surface area contributed by atoms with Gasteiger partial charge in [-0.25, -0.2) is 9.78 Å². The molecule has 0 radical (unpaired) electrons. The standard InChI is InChI=1S/C19H22FIN4O3/c1-24-16(27)19(25(2)17(24)28)9-18(10-19)6-3-11(4-7-18)23-15(26)13-12(21)5-8-22-14(13)20/h5,8,11H,3-4,6-7,9-10H2,1-2H3,(H,23,26). The Balaban J connectivity index is 1.37. The summed E-state index contributed by atoms with van der Waals surface area (Å²) in [7, 11) is 3.23. The van der Waals surface area contributed by atoms with E-state index in [1.54, 1.807) is 18.0 Å². The van der Waals surface area contributed by atoms with Crippen LogP contribution in [-0.4, -0.2) is 58.3 Å². The molecule has 2 heterocycles. The molecule has 2 spiro atoms. The average molecular weight is 500 g/mol. The predicted molar refractivity (Wildman–Crippen MR) is 107 cm³/mol. The lowest BCUT2D eigenvalue weighted by Gasteiger charge is -2.57. The lowest BCUT2D eigenvalue weighted by molar-refractivity contribution is -0.147. The number of hydrogen-bond acceptors (Lipinski definition) is 4. The largest absolute Gasteiger partial charge is 0.349 e. The number of aromatic nitrogens is 1. The van der Waals surface area contributed by atoms with Gasteiger partial charge in [-0.05, 0) is 72.6 Å². The minimum absolute atomic E-state index is 0.00860. The maximum absolute atomic E-state index is 13.9. The highest BCUT2D eigenvalue weighted by molar-refractivity contribution is 14.1. The van der Waals surface area contributed by atoms with Crippen molar-refractivity contribution in [3.8, 4) is 0 Å². The number of rotatable bonds is 2. The van der Waals surface area contributed by atoms with E-state index in [1.807, 2.05) is 22.6 Å². The number of hydrogen-bond donors (Lipinski definition) is 1. The molecule has 3 fully saturated rings. The van der Waals surface area contributed by atoms with Gasteiger partial charge in [0.05, 0.1) is 0 Å². The van der Waals surface area contributed by atoms with Gasteiger partial charge >= 0.3 is 6.03 Å². The van der Waals surface area contributed by atoms with Gasteiger partial charge in [0.15, 0.2) is 0 Å². The van der Waals surface area contributed by atoms with E-state index in [4.69, 9.17) is 0 Å². The molecule has 0 bridgehead atoms. The van der Waals surface area contributed by atoms with Crippen LogP contribution in [0.1, 0.15) is 48.9 Å². The van der Waals surface area contributed by atoms with Crippen LogP contribution < -0.4 is 5.32 Å². The molecule has 0 atom stereocenters. The molecule has 1 aliphatic heterocycles. The van der Waals surface area contributed by atoms with Crippen molar-refractivity contribution in [2.45, 2.75) is 50.1 Å². The minimum Gasteiger partial charge on any atom is -0.349 e. The fourth-order valence-corrected chi connectivity index (χ4v) is 5.76. The fraction of sp³-hybridized carbons (Fsp3) is 0.579. The Morgan fingerprint density at radius 3 is 2.46 bits per heavy atom. The second kappa shape index (κ2) is 6.64. The third-order valence-corrected chi connectivity index (χ3v) is 7.61. The number of nitrogens with zero attached hydrogens (tertiary/aromatic N) is 3. The van der Waals surface area contributed by atoms with E-state index >= 15 is 0 Å². The second-order valence-electron chi connectivity index (χ2n) is 8.30. The first-order valence-electron chi connectivity index (χ1n) is 9.36. The molecule has 9 heteroatoms. The van der Waals surface area contributed by atoms with Crippen LogP contribution in [0.4, 0.5) is 9.18 Å². The Bertz CT molecular complexity index is 840. The normalized spacial score (nSPS) is 32.2. The Morgan fingerprint density at radius 1 is 1.29 bits per heavy atom. The van der Waals surface area contributed by atoms with Crippen molar-refractivity contribution in [3.05, 3.63) is 27.3 Å². The first kappa shape index (κ1) is 19.5. The number of nitrogens with one attached hydrogen (secondary N) is 1. The van der Waals surface area contributed by atoms with Crippen molar-refractivity contribution < 1.29 is 18.8 Å². The molecule has 1 aromatic rings.